The van der Waals surface area contributed by atoms with Crippen LogP contribution in [0.15, 0.2) is 30.3 Å². The van der Waals surface area contributed by atoms with Crippen LogP contribution in [-0.2, 0) is 5.60 Å². The Kier molecular flexibility index (Phi) is 6.57. The Labute approximate surface area is 97.9 Å². The van der Waals surface area contributed by atoms with E-state index in [0.29, 0.717) is 0 Å². The first-order chi connectivity index (χ1) is 6.73. The van der Waals surface area contributed by atoms with Gasteiger partial charge >= 0.3 is 0 Å². The van der Waals surface area contributed by atoms with Crippen LogP contribution in [0.25, 0.3) is 0 Å². The Morgan fingerprint density at radius 3 is 2.33 bits per heavy atom. The second kappa shape index (κ2) is 6.83. The summed E-state index contributed by atoms with van der Waals surface area (Å²) >= 11 is 0. The van der Waals surface area contributed by atoms with E-state index in [2.05, 4.69) is 6.92 Å². The monoisotopic (exact) mass is 229 g/mol. The van der Waals surface area contributed by atoms with Crippen LogP contribution < -0.4 is 5.73 Å². The van der Waals surface area contributed by atoms with Gasteiger partial charge in [0.2, 0.25) is 0 Å². The van der Waals surface area contributed by atoms with Crippen molar-refractivity contribution in [2.24, 2.45) is 5.73 Å². The zero-order valence-electron chi connectivity index (χ0n) is 9.15. The molecular weight excluding hydrogens is 210 g/mol. The molecule has 2 nitrogen and oxygen atoms in total. The number of rotatable bonds is 5. The molecule has 0 heterocycles. The lowest BCUT2D eigenvalue weighted by Gasteiger charge is -2.26. The minimum Gasteiger partial charge on any atom is -0.384 e. The highest BCUT2D eigenvalue weighted by molar-refractivity contribution is 5.85. The number of halogens is 1. The van der Waals surface area contributed by atoms with Gasteiger partial charge in [-0.25, -0.2) is 0 Å². The first kappa shape index (κ1) is 14.4. The molecule has 0 fully saturated rings. The van der Waals surface area contributed by atoms with Crippen molar-refractivity contribution in [3.63, 3.8) is 0 Å². The maximum atomic E-state index is 10.3. The molecule has 0 radical (unpaired) electrons. The summed E-state index contributed by atoms with van der Waals surface area (Å²) in [6.45, 7) is 2.40. The molecule has 0 aliphatic carbocycles. The Bertz CT molecular complexity index is 266. The minimum absolute atomic E-state index is 0. The summed E-state index contributed by atoms with van der Waals surface area (Å²) in [5, 5.41) is 10.3. The molecule has 0 aliphatic rings. The molecule has 1 rings (SSSR count). The van der Waals surface area contributed by atoms with E-state index in [4.69, 9.17) is 5.73 Å². The maximum Gasteiger partial charge on any atom is 0.102 e. The fourth-order valence-electron chi connectivity index (χ4n) is 1.58. The maximum absolute atomic E-state index is 10.3. The highest BCUT2D eigenvalue weighted by Gasteiger charge is 2.26. The second-order valence-corrected chi connectivity index (χ2v) is 3.71. The van der Waals surface area contributed by atoms with Gasteiger partial charge in [-0.1, -0.05) is 50.1 Å². The topological polar surface area (TPSA) is 46.2 Å². The molecule has 0 spiro atoms. The van der Waals surface area contributed by atoms with E-state index in [0.717, 1.165) is 24.8 Å². The van der Waals surface area contributed by atoms with E-state index >= 15 is 0 Å². The van der Waals surface area contributed by atoms with Crippen molar-refractivity contribution in [1.82, 2.24) is 0 Å². The zero-order chi connectivity index (χ0) is 10.4. The molecule has 0 aromatic heterocycles. The Morgan fingerprint density at radius 1 is 1.27 bits per heavy atom. The van der Waals surface area contributed by atoms with Crippen LogP contribution in [-0.4, -0.2) is 11.7 Å². The first-order valence-corrected chi connectivity index (χ1v) is 5.21. The molecule has 1 unspecified atom stereocenters. The Balaban J connectivity index is 0.00000196. The van der Waals surface area contributed by atoms with E-state index in [1.165, 1.54) is 0 Å². The van der Waals surface area contributed by atoms with Crippen molar-refractivity contribution in [1.29, 1.82) is 0 Å². The third-order valence-electron chi connectivity index (χ3n) is 2.59. The number of unbranched alkanes of at least 4 members (excludes halogenated alkanes) is 1. The molecule has 3 heteroatoms. The van der Waals surface area contributed by atoms with Crippen LogP contribution in [0.3, 0.4) is 0 Å². The lowest BCUT2D eigenvalue weighted by Crippen LogP contribution is -2.34. The average Bonchev–Trinajstić information content (AvgIpc) is 2.27. The second-order valence-electron chi connectivity index (χ2n) is 3.71. The summed E-state index contributed by atoms with van der Waals surface area (Å²) in [5.74, 6) is 0. The van der Waals surface area contributed by atoms with Gasteiger partial charge in [-0.2, -0.15) is 0 Å². The van der Waals surface area contributed by atoms with Gasteiger partial charge in [0, 0.05) is 6.54 Å². The van der Waals surface area contributed by atoms with Crippen molar-refractivity contribution in [3.8, 4) is 0 Å². The van der Waals surface area contributed by atoms with Crippen LogP contribution in [0.1, 0.15) is 31.7 Å². The minimum atomic E-state index is -0.836. The molecule has 0 saturated carbocycles. The molecule has 0 aliphatic heterocycles. The van der Waals surface area contributed by atoms with E-state index in [-0.39, 0.29) is 19.0 Å². The number of aliphatic hydroxyl groups is 1. The smallest absolute Gasteiger partial charge is 0.102 e. The first-order valence-electron chi connectivity index (χ1n) is 5.21. The van der Waals surface area contributed by atoms with Gasteiger partial charge in [-0.15, -0.1) is 12.4 Å². The van der Waals surface area contributed by atoms with Crippen LogP contribution >= 0.6 is 12.4 Å². The molecule has 86 valence electrons. The van der Waals surface area contributed by atoms with Crippen molar-refractivity contribution in [2.45, 2.75) is 31.8 Å². The fraction of sp³-hybridized carbons (Fsp3) is 0.500. The van der Waals surface area contributed by atoms with Gasteiger partial charge in [0.25, 0.3) is 0 Å². The quantitative estimate of drug-likeness (QED) is 0.815. The van der Waals surface area contributed by atoms with Crippen molar-refractivity contribution < 1.29 is 5.11 Å². The van der Waals surface area contributed by atoms with Gasteiger partial charge in [-0.05, 0) is 12.0 Å². The lowest BCUT2D eigenvalue weighted by molar-refractivity contribution is 0.0344. The molecule has 1 aromatic carbocycles. The van der Waals surface area contributed by atoms with Crippen molar-refractivity contribution in [3.05, 3.63) is 35.9 Å². The summed E-state index contributed by atoms with van der Waals surface area (Å²) in [4.78, 5) is 0. The fourth-order valence-corrected chi connectivity index (χ4v) is 1.58. The van der Waals surface area contributed by atoms with Gasteiger partial charge in [0.05, 0.1) is 0 Å². The molecule has 1 aromatic rings. The molecule has 3 N–H and O–H groups in total. The molecule has 0 bridgehead atoms. The molecule has 0 amide bonds. The van der Waals surface area contributed by atoms with Gasteiger partial charge < -0.3 is 10.8 Å². The summed E-state index contributed by atoms with van der Waals surface area (Å²) in [6, 6.07) is 9.68. The number of benzene rings is 1. The van der Waals surface area contributed by atoms with E-state index < -0.39 is 5.60 Å². The highest BCUT2D eigenvalue weighted by atomic mass is 35.5. The molecule has 15 heavy (non-hydrogen) atoms. The summed E-state index contributed by atoms with van der Waals surface area (Å²) < 4.78 is 0. The number of hydrogen-bond acceptors (Lipinski definition) is 2. The Morgan fingerprint density at radius 2 is 1.87 bits per heavy atom. The predicted octanol–water partition coefficient (Wildman–Crippen LogP) is 2.44. The van der Waals surface area contributed by atoms with Gasteiger partial charge in [0.15, 0.2) is 0 Å². The third kappa shape index (κ3) is 3.82. The molecule has 1 atom stereocenters. The standard InChI is InChI=1S/C12H19NO.ClH/c1-2-3-9-12(14,10-13)11-7-5-4-6-8-11;/h4-8,14H,2-3,9-10,13H2,1H3;1H. The van der Waals surface area contributed by atoms with Crippen LogP contribution in [0, 0.1) is 0 Å². The highest BCUT2D eigenvalue weighted by Crippen LogP contribution is 2.25. The summed E-state index contributed by atoms with van der Waals surface area (Å²) in [6.07, 6.45) is 2.82. The van der Waals surface area contributed by atoms with Gasteiger partial charge in [-0.3, -0.25) is 0 Å². The predicted molar refractivity (Wildman–Crippen MR) is 66.2 cm³/mol. The number of nitrogens with two attached hydrogens (primary N) is 1. The van der Waals surface area contributed by atoms with Gasteiger partial charge in [0.1, 0.15) is 5.60 Å². The van der Waals surface area contributed by atoms with Crippen molar-refractivity contribution in [2.75, 3.05) is 6.54 Å². The van der Waals surface area contributed by atoms with Crippen LogP contribution in [0.5, 0.6) is 0 Å². The van der Waals surface area contributed by atoms with E-state index in [1.807, 2.05) is 30.3 Å². The Hall–Kier alpha value is -0.570. The average molecular weight is 230 g/mol. The lowest BCUT2D eigenvalue weighted by atomic mass is 9.89. The molecule has 0 saturated heterocycles. The third-order valence-corrected chi connectivity index (χ3v) is 2.59. The summed E-state index contributed by atoms with van der Waals surface area (Å²) in [5.41, 5.74) is 5.72. The normalized spacial score (nSPS) is 14.1. The number of hydrogen-bond donors (Lipinski definition) is 2. The molecular formula is C12H20ClNO. The SMILES string of the molecule is CCCCC(O)(CN)c1ccccc1.Cl. The summed E-state index contributed by atoms with van der Waals surface area (Å²) in [7, 11) is 0. The largest absolute Gasteiger partial charge is 0.384 e. The van der Waals surface area contributed by atoms with Crippen LogP contribution in [0.2, 0.25) is 0 Å². The zero-order valence-corrected chi connectivity index (χ0v) is 9.96. The van der Waals surface area contributed by atoms with E-state index in [1.54, 1.807) is 0 Å². The van der Waals surface area contributed by atoms with Crippen LogP contribution in [0.4, 0.5) is 0 Å². The van der Waals surface area contributed by atoms with E-state index in [9.17, 15) is 5.11 Å². The van der Waals surface area contributed by atoms with Crippen molar-refractivity contribution >= 4 is 12.4 Å².